The average Bonchev–Trinajstić information content (AvgIpc) is 2.79. The number of rotatable bonds is 7. The van der Waals surface area contributed by atoms with Crippen molar-refractivity contribution < 1.29 is 13.2 Å². The fourth-order valence-corrected chi connectivity index (χ4v) is 4.96. The Balaban J connectivity index is 1.85. The van der Waals surface area contributed by atoms with Crippen LogP contribution < -0.4 is 16.4 Å². The molecule has 9 heteroatoms. The highest BCUT2D eigenvalue weighted by molar-refractivity contribution is 7.91. The molecular weight excluding hydrogens is 430 g/mol. The maximum Gasteiger partial charge on any atom is 0.316 e. The fourth-order valence-electron chi connectivity index (χ4n) is 3.70. The summed E-state index contributed by atoms with van der Waals surface area (Å²) in [7, 11) is -0.902. The van der Waals surface area contributed by atoms with Crippen molar-refractivity contribution >= 4 is 32.5 Å². The van der Waals surface area contributed by atoms with Crippen LogP contribution in [0.25, 0.3) is 11.0 Å². The molecule has 2 aromatic carbocycles. The van der Waals surface area contributed by atoms with Gasteiger partial charge in [-0.2, -0.15) is 0 Å². The lowest BCUT2D eigenvalue weighted by Gasteiger charge is -2.14. The summed E-state index contributed by atoms with van der Waals surface area (Å²) in [6.07, 6.45) is 1.30. The van der Waals surface area contributed by atoms with Gasteiger partial charge in [0.25, 0.3) is 0 Å². The van der Waals surface area contributed by atoms with Crippen LogP contribution in [0.2, 0.25) is 0 Å². The highest BCUT2D eigenvalue weighted by Crippen LogP contribution is 2.23. The van der Waals surface area contributed by atoms with E-state index in [1.165, 1.54) is 36.9 Å². The van der Waals surface area contributed by atoms with Crippen molar-refractivity contribution in [2.45, 2.75) is 38.0 Å². The number of hydrogen-bond acceptors (Lipinski definition) is 5. The molecule has 0 unspecified atom stereocenters. The van der Waals surface area contributed by atoms with E-state index in [0.29, 0.717) is 11.0 Å². The molecule has 1 N–H and O–H groups in total. The smallest absolute Gasteiger partial charge is 0.316 e. The topological polar surface area (TPSA) is 107 Å². The Morgan fingerprint density at radius 2 is 1.47 bits per heavy atom. The zero-order valence-corrected chi connectivity index (χ0v) is 19.5. The second-order valence-corrected chi connectivity index (χ2v) is 9.76. The van der Waals surface area contributed by atoms with Crippen molar-refractivity contribution in [3.63, 3.8) is 0 Å². The minimum absolute atomic E-state index is 0.00495. The van der Waals surface area contributed by atoms with Crippen molar-refractivity contribution in [2.24, 2.45) is 14.1 Å². The molecule has 0 aliphatic carbocycles. The van der Waals surface area contributed by atoms with Gasteiger partial charge in [0.15, 0.2) is 9.84 Å². The number of carbonyl (C=O) groups excluding carboxylic acids is 1. The minimum atomic E-state index is -3.79. The number of aromatic nitrogens is 2. The first-order valence-corrected chi connectivity index (χ1v) is 12.1. The normalized spacial score (nSPS) is 11.6. The Bertz CT molecular complexity index is 1400. The Kier molecular flexibility index (Phi) is 6.68. The van der Waals surface area contributed by atoms with Gasteiger partial charge in [-0.25, -0.2) is 8.42 Å². The number of aryl methyl sites for hydroxylation is 4. The third kappa shape index (κ3) is 4.38. The molecule has 1 aromatic heterocycles. The number of benzene rings is 2. The summed E-state index contributed by atoms with van der Waals surface area (Å²) in [6, 6.07) is 10.1. The van der Waals surface area contributed by atoms with Gasteiger partial charge in [0.05, 0.1) is 21.7 Å². The van der Waals surface area contributed by atoms with Gasteiger partial charge in [0.2, 0.25) is 5.91 Å². The highest BCUT2D eigenvalue weighted by Gasteiger charge is 2.20. The summed E-state index contributed by atoms with van der Waals surface area (Å²) >= 11 is 0. The van der Waals surface area contributed by atoms with E-state index in [-0.39, 0.29) is 23.0 Å². The molecule has 32 heavy (non-hydrogen) atoms. The van der Waals surface area contributed by atoms with Crippen molar-refractivity contribution in [3.05, 3.63) is 68.2 Å². The largest absolute Gasteiger partial charge is 0.326 e. The van der Waals surface area contributed by atoms with Gasteiger partial charge in [0, 0.05) is 26.2 Å². The summed E-state index contributed by atoms with van der Waals surface area (Å²) in [4.78, 5) is 36.6. The first kappa shape index (κ1) is 23.5. The predicted octanol–water partition coefficient (Wildman–Crippen LogP) is 2.16. The van der Waals surface area contributed by atoms with E-state index in [1.54, 1.807) is 0 Å². The molecule has 0 spiro atoms. The molecule has 170 valence electrons. The Hall–Kier alpha value is -3.20. The van der Waals surface area contributed by atoms with E-state index >= 15 is 0 Å². The van der Waals surface area contributed by atoms with Gasteiger partial charge in [-0.1, -0.05) is 32.0 Å². The van der Waals surface area contributed by atoms with Crippen LogP contribution >= 0.6 is 0 Å². The van der Waals surface area contributed by atoms with Crippen LogP contribution in [0, 0.1) is 0 Å². The summed E-state index contributed by atoms with van der Waals surface area (Å²) in [5.74, 6) is -0.750. The quantitative estimate of drug-likeness (QED) is 0.547. The second kappa shape index (κ2) is 9.12. The van der Waals surface area contributed by atoms with Gasteiger partial charge < -0.3 is 14.5 Å². The molecule has 3 aromatic rings. The summed E-state index contributed by atoms with van der Waals surface area (Å²) in [5.41, 5.74) is 2.09. The van der Waals surface area contributed by atoms with Gasteiger partial charge in [-0.3, -0.25) is 14.4 Å². The Morgan fingerprint density at radius 1 is 0.906 bits per heavy atom. The first-order chi connectivity index (χ1) is 15.1. The maximum absolute atomic E-state index is 12.9. The number of carbonyl (C=O) groups is 1. The van der Waals surface area contributed by atoms with Crippen molar-refractivity contribution in [1.82, 2.24) is 9.13 Å². The lowest BCUT2D eigenvalue weighted by Crippen LogP contribution is -2.39. The number of fused-ring (bicyclic) bond motifs is 1. The van der Waals surface area contributed by atoms with E-state index < -0.39 is 21.0 Å². The van der Waals surface area contributed by atoms with Crippen LogP contribution in [0.1, 0.15) is 31.4 Å². The number of nitrogens with zero attached hydrogens (tertiary/aromatic N) is 2. The molecule has 0 aliphatic heterocycles. The zero-order chi connectivity index (χ0) is 23.6. The maximum atomic E-state index is 12.9. The van der Waals surface area contributed by atoms with Gasteiger partial charge in [-0.05, 0) is 42.2 Å². The minimum Gasteiger partial charge on any atom is -0.326 e. The van der Waals surface area contributed by atoms with Crippen molar-refractivity contribution in [2.75, 3.05) is 11.1 Å². The Labute approximate surface area is 186 Å². The highest BCUT2D eigenvalue weighted by atomic mass is 32.2. The molecule has 0 atom stereocenters. The van der Waals surface area contributed by atoms with Crippen LogP contribution in [-0.4, -0.2) is 29.2 Å². The lowest BCUT2D eigenvalue weighted by molar-refractivity contribution is -0.115. The standard InChI is InChI=1S/C23H27N3O5S/c1-5-15-8-7-9-16(6-2)21(15)24-20(27)12-13-32(30,31)17-10-11-18-19(14-17)26(4)23(29)22(28)25(18)3/h7-11,14H,5-6,12-13H2,1-4H3,(H,24,27). The zero-order valence-electron chi connectivity index (χ0n) is 18.6. The lowest BCUT2D eigenvalue weighted by atomic mass is 10.0. The van der Waals surface area contributed by atoms with Gasteiger partial charge in [0.1, 0.15) is 0 Å². The molecule has 1 amide bonds. The third-order valence-corrected chi connectivity index (χ3v) is 7.40. The number of nitrogens with one attached hydrogen (secondary N) is 1. The predicted molar refractivity (Wildman–Crippen MR) is 125 cm³/mol. The molecule has 1 heterocycles. The van der Waals surface area contributed by atoms with Crippen molar-refractivity contribution in [3.8, 4) is 0 Å². The van der Waals surface area contributed by atoms with E-state index in [1.807, 2.05) is 32.0 Å². The van der Waals surface area contributed by atoms with Crippen LogP contribution in [-0.2, 0) is 41.6 Å². The van der Waals surface area contributed by atoms with Crippen molar-refractivity contribution in [1.29, 1.82) is 0 Å². The number of hydrogen-bond donors (Lipinski definition) is 1. The van der Waals surface area contributed by atoms with Crippen LogP contribution in [0.3, 0.4) is 0 Å². The second-order valence-electron chi connectivity index (χ2n) is 7.65. The molecule has 0 aliphatic rings. The fraction of sp³-hybridized carbons (Fsp3) is 0.348. The summed E-state index contributed by atoms with van der Waals surface area (Å²) in [6.45, 7) is 4.00. The van der Waals surface area contributed by atoms with E-state index in [9.17, 15) is 22.8 Å². The van der Waals surface area contributed by atoms with Crippen LogP contribution in [0.15, 0.2) is 50.9 Å². The third-order valence-electron chi connectivity index (χ3n) is 5.68. The summed E-state index contributed by atoms with van der Waals surface area (Å²) < 4.78 is 28.1. The molecule has 0 fully saturated rings. The number of para-hydroxylation sites is 1. The molecule has 0 saturated carbocycles. The number of anilines is 1. The average molecular weight is 458 g/mol. The van der Waals surface area contributed by atoms with Crippen LogP contribution in [0.5, 0.6) is 0 Å². The first-order valence-electron chi connectivity index (χ1n) is 10.4. The van der Waals surface area contributed by atoms with Crippen LogP contribution in [0.4, 0.5) is 5.69 Å². The number of amides is 1. The van der Waals surface area contributed by atoms with E-state index in [2.05, 4.69) is 5.32 Å². The van der Waals surface area contributed by atoms with E-state index in [0.717, 1.165) is 34.2 Å². The SMILES string of the molecule is CCc1cccc(CC)c1NC(=O)CCS(=O)(=O)c1ccc2c(c1)n(C)c(=O)c(=O)n2C. The Morgan fingerprint density at radius 3 is 2.03 bits per heavy atom. The molecule has 0 radical (unpaired) electrons. The molecular formula is C23H27N3O5S. The van der Waals surface area contributed by atoms with Gasteiger partial charge in [-0.15, -0.1) is 0 Å². The molecule has 3 rings (SSSR count). The molecule has 8 nitrogen and oxygen atoms in total. The molecule has 0 bridgehead atoms. The number of sulfone groups is 1. The monoisotopic (exact) mass is 457 g/mol. The van der Waals surface area contributed by atoms with Gasteiger partial charge >= 0.3 is 11.1 Å². The summed E-state index contributed by atoms with van der Waals surface area (Å²) in [5, 5.41) is 2.88. The van der Waals surface area contributed by atoms with E-state index in [4.69, 9.17) is 0 Å². The molecule has 0 saturated heterocycles.